The van der Waals surface area contributed by atoms with Gasteiger partial charge >= 0.3 is 12.2 Å². The number of alkyl carbamates (subject to hydrolysis) is 2. The van der Waals surface area contributed by atoms with Crippen molar-refractivity contribution in [2.45, 2.75) is 77.2 Å². The maximum absolute atomic E-state index is 14.1. The standard InChI is InChI=1S/C52H64N8O10/c1-29(2)42(57-51(63)67-7)49(61)59-21-9-10-41(59)47-54-38-20-16-33(27-39(38)55-47)37-19-18-36(45(69-24-22-65-5)46(37)70-25-23-66-6)31-11-13-32(14-12-31)40-28-53-48(56-40)44-34-15-17-35(26-34)60(44)50(62)43(30(3)4)58-52(64)68-8/h11-20,27-30,34-35,41-44H,9-10,21-26H2,1-8H3,(H,53,56)(H,54,55)(H,57,63)(H,58,64)/t34-,35-,41+,42+,43+,44+/m1/s1. The lowest BCUT2D eigenvalue weighted by Gasteiger charge is -2.35. The largest absolute Gasteiger partial charge is 0.487 e. The summed E-state index contributed by atoms with van der Waals surface area (Å²) in [5.41, 5.74) is 6.58. The molecule has 18 heteroatoms. The SMILES string of the molecule is COCCOc1c(-c2ccc(-c3cnc([C@@H]4[C@@H]5C=C[C@H](C5)N4C(=O)[C@@H](NC(=O)OC)C(C)C)[nH]3)cc2)ccc(-c2ccc3nc([C@@H]4CCCN4C(=O)[C@@H](NC(=O)OC)C(C)C)[nH]c3c2)c1OCCOC. The van der Waals surface area contributed by atoms with E-state index in [2.05, 4.69) is 32.8 Å². The van der Waals surface area contributed by atoms with E-state index in [4.69, 9.17) is 38.4 Å². The molecule has 3 aliphatic rings. The first-order valence-corrected chi connectivity index (χ1v) is 23.9. The van der Waals surface area contributed by atoms with Crippen LogP contribution >= 0.6 is 0 Å². The highest BCUT2D eigenvalue weighted by molar-refractivity contribution is 5.90. The van der Waals surface area contributed by atoms with Crippen LogP contribution in [0, 0.1) is 17.8 Å². The van der Waals surface area contributed by atoms with Gasteiger partial charge in [0.1, 0.15) is 36.9 Å². The number of rotatable bonds is 19. The van der Waals surface area contributed by atoms with Gasteiger partial charge in [0.05, 0.1) is 68.5 Å². The van der Waals surface area contributed by atoms with E-state index in [1.165, 1.54) is 14.2 Å². The number of benzene rings is 3. The first-order valence-electron chi connectivity index (χ1n) is 23.9. The average molecular weight is 961 g/mol. The maximum Gasteiger partial charge on any atom is 0.407 e. The number of nitrogens with zero attached hydrogens (tertiary/aromatic N) is 4. The van der Waals surface area contributed by atoms with Crippen molar-refractivity contribution in [2.24, 2.45) is 17.8 Å². The van der Waals surface area contributed by atoms with E-state index in [-0.39, 0.29) is 60.9 Å². The predicted octanol–water partition coefficient (Wildman–Crippen LogP) is 7.59. The highest BCUT2D eigenvalue weighted by Gasteiger charge is 2.49. The maximum atomic E-state index is 14.1. The van der Waals surface area contributed by atoms with E-state index in [1.807, 2.05) is 87.2 Å². The quantitative estimate of drug-likeness (QED) is 0.0466. The van der Waals surface area contributed by atoms with Crippen LogP contribution in [0.25, 0.3) is 44.5 Å². The Bertz CT molecular complexity index is 2700. The number of imidazole rings is 2. The lowest BCUT2D eigenvalue weighted by molar-refractivity contribution is -0.137. The van der Waals surface area contributed by atoms with Gasteiger partial charge in [0.2, 0.25) is 11.8 Å². The fourth-order valence-corrected chi connectivity index (χ4v) is 9.82. The summed E-state index contributed by atoms with van der Waals surface area (Å²) in [7, 11) is 5.82. The zero-order chi connectivity index (χ0) is 49.6. The van der Waals surface area contributed by atoms with Crippen LogP contribution in [0.5, 0.6) is 11.5 Å². The van der Waals surface area contributed by atoms with Crippen molar-refractivity contribution in [3.05, 3.63) is 84.6 Å². The van der Waals surface area contributed by atoms with Crippen molar-refractivity contribution in [1.82, 2.24) is 40.4 Å². The van der Waals surface area contributed by atoms with Gasteiger partial charge in [0.25, 0.3) is 0 Å². The van der Waals surface area contributed by atoms with Crippen LogP contribution in [-0.4, -0.2) is 133 Å². The molecular formula is C52H64N8O10. The minimum Gasteiger partial charge on any atom is -0.487 e. The number of carbonyl (C=O) groups excluding carboxylic acids is 4. The molecule has 18 nitrogen and oxygen atoms in total. The number of hydrogen-bond acceptors (Lipinski definition) is 12. The van der Waals surface area contributed by atoms with Gasteiger partial charge in [0, 0.05) is 37.8 Å². The van der Waals surface area contributed by atoms with Crippen LogP contribution in [0.15, 0.2) is 72.9 Å². The van der Waals surface area contributed by atoms with E-state index >= 15 is 0 Å². The molecule has 5 aromatic rings. The lowest BCUT2D eigenvalue weighted by atomic mass is 9.96. The molecule has 4 heterocycles. The first kappa shape index (κ1) is 49.5. The van der Waals surface area contributed by atoms with Gasteiger partial charge < -0.3 is 58.8 Å². The van der Waals surface area contributed by atoms with Crippen LogP contribution in [0.2, 0.25) is 0 Å². The Morgan fingerprint density at radius 3 is 1.93 bits per heavy atom. The Hall–Kier alpha value is -6.92. The number of amides is 4. The van der Waals surface area contributed by atoms with E-state index in [0.29, 0.717) is 42.9 Å². The molecule has 372 valence electrons. The van der Waals surface area contributed by atoms with E-state index in [9.17, 15) is 19.2 Å². The number of methoxy groups -OCH3 is 4. The third kappa shape index (κ3) is 10.2. The summed E-state index contributed by atoms with van der Waals surface area (Å²) in [5, 5.41) is 5.45. The summed E-state index contributed by atoms with van der Waals surface area (Å²) in [6.45, 7) is 9.37. The van der Waals surface area contributed by atoms with Crippen molar-refractivity contribution < 1.29 is 47.6 Å². The molecule has 0 unspecified atom stereocenters. The van der Waals surface area contributed by atoms with E-state index in [0.717, 1.165) is 63.8 Å². The van der Waals surface area contributed by atoms with Gasteiger partial charge in [-0.1, -0.05) is 70.2 Å². The van der Waals surface area contributed by atoms with Crippen molar-refractivity contribution in [1.29, 1.82) is 0 Å². The third-order valence-electron chi connectivity index (χ3n) is 13.4. The van der Waals surface area contributed by atoms with Crippen LogP contribution < -0.4 is 20.1 Å². The van der Waals surface area contributed by atoms with Gasteiger partial charge in [-0.15, -0.1) is 0 Å². The zero-order valence-electron chi connectivity index (χ0n) is 41.1. The minimum absolute atomic E-state index is 0.0851. The van der Waals surface area contributed by atoms with Crippen LogP contribution in [-0.2, 0) is 28.5 Å². The molecular weight excluding hydrogens is 897 g/mol. The number of aromatic nitrogens is 4. The molecule has 3 aromatic carbocycles. The number of carbonyl (C=O) groups is 4. The molecule has 4 amide bonds. The Morgan fingerprint density at radius 2 is 1.31 bits per heavy atom. The van der Waals surface area contributed by atoms with Gasteiger partial charge in [0.15, 0.2) is 11.5 Å². The molecule has 4 N–H and O–H groups in total. The van der Waals surface area contributed by atoms with Crippen molar-refractivity contribution in [2.75, 3.05) is 61.4 Å². The summed E-state index contributed by atoms with van der Waals surface area (Å²) in [5.74, 6) is 1.87. The second-order valence-electron chi connectivity index (χ2n) is 18.6. The van der Waals surface area contributed by atoms with Gasteiger partial charge in [-0.2, -0.15) is 0 Å². The lowest BCUT2D eigenvalue weighted by Crippen LogP contribution is -2.53. The second kappa shape index (κ2) is 21.8. The van der Waals surface area contributed by atoms with Crippen molar-refractivity contribution in [3.8, 4) is 45.0 Å². The Balaban J connectivity index is 1.08. The summed E-state index contributed by atoms with van der Waals surface area (Å²) in [4.78, 5) is 72.8. The summed E-state index contributed by atoms with van der Waals surface area (Å²) >= 11 is 0. The Kier molecular flexibility index (Phi) is 15.4. The van der Waals surface area contributed by atoms with E-state index in [1.54, 1.807) is 25.3 Å². The minimum atomic E-state index is -0.752. The van der Waals surface area contributed by atoms with Crippen LogP contribution in [0.4, 0.5) is 9.59 Å². The molecule has 0 spiro atoms. The zero-order valence-corrected chi connectivity index (χ0v) is 41.1. The molecule has 2 aliphatic heterocycles. The Labute approximate surface area is 407 Å². The van der Waals surface area contributed by atoms with Gasteiger partial charge in [-0.25, -0.2) is 19.6 Å². The number of aromatic amines is 2. The monoisotopic (exact) mass is 960 g/mol. The first-order chi connectivity index (χ1) is 33.8. The Morgan fingerprint density at radius 1 is 0.714 bits per heavy atom. The number of ether oxygens (including phenoxy) is 6. The second-order valence-corrected chi connectivity index (χ2v) is 18.6. The molecule has 1 aliphatic carbocycles. The molecule has 2 bridgehead atoms. The number of fused-ring (bicyclic) bond motifs is 3. The van der Waals surface area contributed by atoms with Crippen molar-refractivity contribution >= 4 is 35.0 Å². The molecule has 2 saturated heterocycles. The number of nitrogens with one attached hydrogen (secondary N) is 4. The molecule has 2 fully saturated rings. The predicted molar refractivity (Wildman–Crippen MR) is 262 cm³/mol. The third-order valence-corrected chi connectivity index (χ3v) is 13.4. The highest BCUT2D eigenvalue weighted by atomic mass is 16.6. The molecule has 2 aromatic heterocycles. The van der Waals surface area contributed by atoms with E-state index < -0.39 is 24.3 Å². The average Bonchev–Trinajstić information content (AvgIpc) is 4.23. The topological polar surface area (TPSA) is 212 Å². The molecule has 70 heavy (non-hydrogen) atoms. The summed E-state index contributed by atoms with van der Waals surface area (Å²) in [6.07, 6.45) is 7.03. The molecule has 0 radical (unpaired) electrons. The number of likely N-dealkylation sites (tertiary alicyclic amines) is 2. The fourth-order valence-electron chi connectivity index (χ4n) is 9.82. The van der Waals surface area contributed by atoms with Crippen LogP contribution in [0.1, 0.15) is 70.7 Å². The summed E-state index contributed by atoms with van der Waals surface area (Å²) < 4.78 is 33.5. The molecule has 0 saturated carbocycles. The number of hydrogen-bond donors (Lipinski definition) is 4. The smallest absolute Gasteiger partial charge is 0.407 e. The van der Waals surface area contributed by atoms with Gasteiger partial charge in [-0.3, -0.25) is 9.59 Å². The normalized spacial score (nSPS) is 19.2. The molecule has 8 rings (SSSR count). The highest BCUT2D eigenvalue weighted by Crippen LogP contribution is 2.48. The van der Waals surface area contributed by atoms with Crippen LogP contribution in [0.3, 0.4) is 0 Å². The van der Waals surface area contributed by atoms with Gasteiger partial charge in [-0.05, 0) is 72.1 Å². The fraction of sp³-hybridized carbons (Fsp3) is 0.462. The molecule has 6 atom stereocenters. The number of H-pyrrole nitrogens is 2. The van der Waals surface area contributed by atoms with Crippen molar-refractivity contribution in [3.63, 3.8) is 0 Å². The summed E-state index contributed by atoms with van der Waals surface area (Å²) in [6, 6.07) is 15.9.